The van der Waals surface area contributed by atoms with Crippen molar-refractivity contribution in [3.63, 3.8) is 0 Å². The van der Waals surface area contributed by atoms with Gasteiger partial charge in [-0.2, -0.15) is 0 Å². The van der Waals surface area contributed by atoms with Crippen LogP contribution in [0.4, 0.5) is 5.69 Å². The standard InChI is InChI=1S/C16H24N2OS/c1-12-14(17)8-7-9-15(12)20-13(2)16(19)18-10-5-3-4-6-11-18/h7-9,13H,3-6,10-11,17H2,1-2H3. The quantitative estimate of drug-likeness (QED) is 0.685. The number of amides is 1. The lowest BCUT2D eigenvalue weighted by molar-refractivity contribution is -0.130. The highest BCUT2D eigenvalue weighted by molar-refractivity contribution is 8.00. The summed E-state index contributed by atoms with van der Waals surface area (Å²) >= 11 is 1.62. The Bertz CT molecular complexity index is 468. The molecule has 0 saturated carbocycles. The molecule has 1 fully saturated rings. The Kier molecular flexibility index (Phi) is 5.35. The normalized spacial score (nSPS) is 17.6. The van der Waals surface area contributed by atoms with Crippen molar-refractivity contribution in [2.45, 2.75) is 49.7 Å². The van der Waals surface area contributed by atoms with Crippen LogP contribution in [-0.4, -0.2) is 29.1 Å². The number of hydrogen-bond acceptors (Lipinski definition) is 3. The second-order valence-corrected chi connectivity index (χ2v) is 6.85. The molecule has 2 rings (SSSR count). The molecular weight excluding hydrogens is 268 g/mol. The number of anilines is 1. The molecule has 0 radical (unpaired) electrons. The fraction of sp³-hybridized carbons (Fsp3) is 0.562. The minimum Gasteiger partial charge on any atom is -0.398 e. The van der Waals surface area contributed by atoms with Crippen LogP contribution in [0.2, 0.25) is 0 Å². The molecule has 20 heavy (non-hydrogen) atoms. The van der Waals surface area contributed by atoms with Crippen molar-refractivity contribution in [1.29, 1.82) is 0 Å². The van der Waals surface area contributed by atoms with E-state index in [9.17, 15) is 4.79 Å². The van der Waals surface area contributed by atoms with E-state index >= 15 is 0 Å². The Hall–Kier alpha value is -1.16. The van der Waals surface area contributed by atoms with Crippen molar-refractivity contribution in [2.75, 3.05) is 18.8 Å². The van der Waals surface area contributed by atoms with Crippen LogP contribution in [0.3, 0.4) is 0 Å². The Labute approximate surface area is 125 Å². The molecule has 0 aromatic heterocycles. The van der Waals surface area contributed by atoms with Gasteiger partial charge in [-0.15, -0.1) is 11.8 Å². The van der Waals surface area contributed by atoms with Gasteiger partial charge in [0.05, 0.1) is 5.25 Å². The van der Waals surface area contributed by atoms with Crippen LogP contribution in [0.5, 0.6) is 0 Å². The Morgan fingerprint density at radius 2 is 1.90 bits per heavy atom. The van der Waals surface area contributed by atoms with E-state index < -0.39 is 0 Å². The average Bonchev–Trinajstić information content (AvgIpc) is 2.72. The van der Waals surface area contributed by atoms with Crippen molar-refractivity contribution in [3.8, 4) is 0 Å². The van der Waals surface area contributed by atoms with Gasteiger partial charge in [-0.25, -0.2) is 0 Å². The molecule has 2 N–H and O–H groups in total. The summed E-state index contributed by atoms with van der Waals surface area (Å²) in [6.07, 6.45) is 4.78. The van der Waals surface area contributed by atoms with Crippen LogP contribution in [0.15, 0.2) is 23.1 Å². The summed E-state index contributed by atoms with van der Waals surface area (Å²) in [6.45, 7) is 5.85. The number of likely N-dealkylation sites (tertiary alicyclic amines) is 1. The molecule has 1 heterocycles. The summed E-state index contributed by atoms with van der Waals surface area (Å²) in [6, 6.07) is 5.90. The van der Waals surface area contributed by atoms with E-state index in [2.05, 4.69) is 0 Å². The van der Waals surface area contributed by atoms with E-state index in [0.29, 0.717) is 0 Å². The van der Waals surface area contributed by atoms with Gasteiger partial charge < -0.3 is 10.6 Å². The zero-order valence-corrected chi connectivity index (χ0v) is 13.2. The second-order valence-electron chi connectivity index (χ2n) is 5.47. The minimum atomic E-state index is -0.0476. The summed E-state index contributed by atoms with van der Waals surface area (Å²) in [5, 5.41) is -0.0476. The number of benzene rings is 1. The molecule has 110 valence electrons. The fourth-order valence-corrected chi connectivity index (χ4v) is 3.63. The van der Waals surface area contributed by atoms with Crippen LogP contribution >= 0.6 is 11.8 Å². The molecule has 1 aliphatic rings. The van der Waals surface area contributed by atoms with Gasteiger partial charge in [-0.1, -0.05) is 18.9 Å². The maximum Gasteiger partial charge on any atom is 0.235 e. The summed E-state index contributed by atoms with van der Waals surface area (Å²) in [5.74, 6) is 0.263. The molecule has 1 aliphatic heterocycles. The maximum absolute atomic E-state index is 12.5. The largest absolute Gasteiger partial charge is 0.398 e. The fourth-order valence-electron chi connectivity index (χ4n) is 2.55. The first-order valence-electron chi connectivity index (χ1n) is 7.40. The van der Waals surface area contributed by atoms with Gasteiger partial charge in [-0.3, -0.25) is 4.79 Å². The molecule has 4 heteroatoms. The van der Waals surface area contributed by atoms with Crippen LogP contribution in [0.1, 0.15) is 38.2 Å². The number of carbonyl (C=O) groups excluding carboxylic acids is 1. The SMILES string of the molecule is Cc1c(N)cccc1SC(C)C(=O)N1CCCCCC1. The van der Waals surface area contributed by atoms with Gasteiger partial charge >= 0.3 is 0 Å². The van der Waals surface area contributed by atoms with Crippen molar-refractivity contribution in [1.82, 2.24) is 4.90 Å². The number of hydrogen-bond donors (Lipinski definition) is 1. The predicted molar refractivity (Wildman–Crippen MR) is 86.0 cm³/mol. The zero-order valence-electron chi connectivity index (χ0n) is 12.4. The second kappa shape index (κ2) is 7.02. The minimum absolute atomic E-state index is 0.0476. The first-order valence-corrected chi connectivity index (χ1v) is 8.28. The van der Waals surface area contributed by atoms with Crippen molar-refractivity contribution in [2.24, 2.45) is 0 Å². The van der Waals surface area contributed by atoms with Crippen molar-refractivity contribution in [3.05, 3.63) is 23.8 Å². The zero-order chi connectivity index (χ0) is 14.5. The van der Waals surface area contributed by atoms with Crippen LogP contribution in [0, 0.1) is 6.92 Å². The van der Waals surface area contributed by atoms with Gasteiger partial charge in [0.2, 0.25) is 5.91 Å². The molecule has 1 aromatic rings. The predicted octanol–water partition coefficient (Wildman–Crippen LogP) is 3.46. The Balaban J connectivity index is 2.01. The van der Waals surface area contributed by atoms with E-state index in [0.717, 1.165) is 42.1 Å². The van der Waals surface area contributed by atoms with Gasteiger partial charge in [0.1, 0.15) is 0 Å². The lowest BCUT2D eigenvalue weighted by Gasteiger charge is -2.24. The molecule has 0 aliphatic carbocycles. The molecule has 1 atom stereocenters. The molecule has 3 nitrogen and oxygen atoms in total. The molecule has 1 saturated heterocycles. The molecular formula is C16H24N2OS. The average molecular weight is 292 g/mol. The van der Waals surface area contributed by atoms with E-state index in [4.69, 9.17) is 5.73 Å². The molecule has 1 unspecified atom stereocenters. The Morgan fingerprint density at radius 1 is 1.25 bits per heavy atom. The number of rotatable bonds is 3. The van der Waals surface area contributed by atoms with Gasteiger partial charge in [0, 0.05) is 23.7 Å². The van der Waals surface area contributed by atoms with Crippen LogP contribution in [-0.2, 0) is 4.79 Å². The van der Waals surface area contributed by atoms with Crippen LogP contribution in [0.25, 0.3) is 0 Å². The van der Waals surface area contributed by atoms with Crippen LogP contribution < -0.4 is 5.73 Å². The summed E-state index contributed by atoms with van der Waals surface area (Å²) in [5.41, 5.74) is 7.80. The number of nitrogens with zero attached hydrogens (tertiary/aromatic N) is 1. The van der Waals surface area contributed by atoms with E-state index in [1.807, 2.05) is 36.9 Å². The van der Waals surface area contributed by atoms with Gasteiger partial charge in [0.25, 0.3) is 0 Å². The van der Waals surface area contributed by atoms with Crippen molar-refractivity contribution < 1.29 is 4.79 Å². The van der Waals surface area contributed by atoms with E-state index in [1.165, 1.54) is 12.8 Å². The topological polar surface area (TPSA) is 46.3 Å². The monoisotopic (exact) mass is 292 g/mol. The third-order valence-electron chi connectivity index (χ3n) is 3.90. The lowest BCUT2D eigenvalue weighted by Crippen LogP contribution is -2.37. The van der Waals surface area contributed by atoms with E-state index in [1.54, 1.807) is 11.8 Å². The number of carbonyl (C=O) groups is 1. The number of nitrogen functional groups attached to an aromatic ring is 1. The maximum atomic E-state index is 12.5. The first-order chi connectivity index (χ1) is 9.59. The van der Waals surface area contributed by atoms with Gasteiger partial charge in [0.15, 0.2) is 0 Å². The third kappa shape index (κ3) is 3.69. The number of nitrogens with two attached hydrogens (primary N) is 1. The molecule has 0 bridgehead atoms. The smallest absolute Gasteiger partial charge is 0.235 e. The highest BCUT2D eigenvalue weighted by atomic mass is 32.2. The summed E-state index contributed by atoms with van der Waals surface area (Å²) < 4.78 is 0. The third-order valence-corrected chi connectivity index (χ3v) is 5.15. The highest BCUT2D eigenvalue weighted by Crippen LogP contribution is 2.30. The highest BCUT2D eigenvalue weighted by Gasteiger charge is 2.22. The van der Waals surface area contributed by atoms with E-state index in [-0.39, 0.29) is 11.2 Å². The Morgan fingerprint density at radius 3 is 2.55 bits per heavy atom. The lowest BCUT2D eigenvalue weighted by atomic mass is 10.2. The first kappa shape index (κ1) is 15.2. The summed E-state index contributed by atoms with van der Waals surface area (Å²) in [7, 11) is 0. The molecule has 0 spiro atoms. The molecule has 1 aromatic carbocycles. The summed E-state index contributed by atoms with van der Waals surface area (Å²) in [4.78, 5) is 15.7. The molecule has 1 amide bonds. The number of thioether (sulfide) groups is 1. The van der Waals surface area contributed by atoms with Crippen molar-refractivity contribution >= 4 is 23.4 Å². The van der Waals surface area contributed by atoms with Gasteiger partial charge in [-0.05, 0) is 44.4 Å².